The highest BCUT2D eigenvalue weighted by Crippen LogP contribution is 2.23. The van der Waals surface area contributed by atoms with E-state index >= 15 is 0 Å². The Kier molecular flexibility index (Phi) is 5.10. The van der Waals surface area contributed by atoms with Crippen molar-refractivity contribution in [3.05, 3.63) is 45.6 Å². The van der Waals surface area contributed by atoms with Crippen LogP contribution in [0.15, 0.2) is 40.9 Å². The lowest BCUT2D eigenvalue weighted by molar-refractivity contribution is 0.102. The van der Waals surface area contributed by atoms with Crippen molar-refractivity contribution < 1.29 is 4.79 Å². The molecule has 7 heteroatoms. The van der Waals surface area contributed by atoms with Crippen LogP contribution in [-0.2, 0) is 0 Å². The Morgan fingerprint density at radius 1 is 1.40 bits per heavy atom. The average molecular weight is 345 g/mol. The number of thiophene rings is 1. The van der Waals surface area contributed by atoms with E-state index < -0.39 is 0 Å². The fraction of sp³-hybridized carbons (Fsp3) is 0.0769. The van der Waals surface area contributed by atoms with Crippen molar-refractivity contribution in [2.24, 2.45) is 0 Å². The lowest BCUT2D eigenvalue weighted by atomic mass is 10.3. The number of Topliss-reactive ketones (excluding diaryl/α,β-unsaturated/α-hetero) is 1. The van der Waals surface area contributed by atoms with Crippen LogP contribution in [-0.4, -0.2) is 21.5 Å². The third-order valence-electron chi connectivity index (χ3n) is 2.56. The number of nitrogens with one attached hydrogen (secondary N) is 1. The van der Waals surface area contributed by atoms with E-state index in [1.54, 1.807) is 6.07 Å². The van der Waals surface area contributed by atoms with Gasteiger partial charge in [0.1, 0.15) is 0 Å². The summed E-state index contributed by atoms with van der Waals surface area (Å²) in [5.74, 6) is 0.507. The Morgan fingerprint density at radius 2 is 2.25 bits per heavy atom. The maximum atomic E-state index is 11.9. The molecule has 0 spiro atoms. The minimum atomic E-state index is 0. The van der Waals surface area contributed by atoms with Gasteiger partial charge in [-0.2, -0.15) is 0 Å². The molecule has 0 radical (unpaired) electrons. The van der Waals surface area contributed by atoms with Crippen LogP contribution in [0.5, 0.6) is 0 Å². The number of aromatic nitrogens is 2. The summed E-state index contributed by atoms with van der Waals surface area (Å²) >= 11 is 8.78. The maximum absolute atomic E-state index is 11.9. The van der Waals surface area contributed by atoms with Gasteiger partial charge in [-0.3, -0.25) is 4.79 Å². The van der Waals surface area contributed by atoms with Crippen LogP contribution in [0.2, 0.25) is 5.02 Å². The van der Waals surface area contributed by atoms with Crippen LogP contribution < -0.4 is 0 Å². The SMILES string of the molecule is Cl.O=C(CSc1nc2ccc(Cl)cc2[nH]1)c1cccs1. The maximum Gasteiger partial charge on any atom is 0.183 e. The van der Waals surface area contributed by atoms with E-state index in [1.807, 2.05) is 29.6 Å². The van der Waals surface area contributed by atoms with Crippen molar-refractivity contribution in [1.82, 2.24) is 9.97 Å². The van der Waals surface area contributed by atoms with Crippen molar-refractivity contribution in [2.45, 2.75) is 5.16 Å². The van der Waals surface area contributed by atoms with E-state index in [0.29, 0.717) is 10.8 Å². The van der Waals surface area contributed by atoms with Gasteiger partial charge in [0.2, 0.25) is 0 Å². The predicted molar refractivity (Wildman–Crippen MR) is 87.7 cm³/mol. The second kappa shape index (κ2) is 6.63. The van der Waals surface area contributed by atoms with Gasteiger partial charge >= 0.3 is 0 Å². The molecule has 2 aromatic heterocycles. The van der Waals surface area contributed by atoms with Crippen LogP contribution in [0.4, 0.5) is 0 Å². The Morgan fingerprint density at radius 3 is 3.00 bits per heavy atom. The minimum Gasteiger partial charge on any atom is -0.333 e. The number of imidazole rings is 1. The number of benzene rings is 1. The second-order valence-corrected chi connectivity index (χ2v) is 6.24. The lowest BCUT2D eigenvalue weighted by Gasteiger charge is -1.95. The zero-order chi connectivity index (χ0) is 13.2. The van der Waals surface area contributed by atoms with Gasteiger partial charge in [-0.15, -0.1) is 23.7 Å². The number of hydrogen-bond donors (Lipinski definition) is 1. The molecule has 104 valence electrons. The first kappa shape index (κ1) is 15.4. The zero-order valence-electron chi connectivity index (χ0n) is 10.1. The quantitative estimate of drug-likeness (QED) is 0.552. The highest BCUT2D eigenvalue weighted by molar-refractivity contribution is 7.99. The van der Waals surface area contributed by atoms with Crippen molar-refractivity contribution >= 4 is 63.9 Å². The monoisotopic (exact) mass is 344 g/mol. The number of aromatic amines is 1. The topological polar surface area (TPSA) is 45.8 Å². The molecular weight excluding hydrogens is 335 g/mol. The van der Waals surface area contributed by atoms with Gasteiger partial charge in [0.05, 0.1) is 21.7 Å². The number of halogens is 2. The summed E-state index contributed by atoms with van der Waals surface area (Å²) in [6.07, 6.45) is 0. The highest BCUT2D eigenvalue weighted by atomic mass is 35.5. The van der Waals surface area contributed by atoms with Gasteiger partial charge in [0.25, 0.3) is 0 Å². The predicted octanol–water partition coefficient (Wildman–Crippen LogP) is 4.67. The molecule has 0 aliphatic carbocycles. The van der Waals surface area contributed by atoms with Crippen LogP contribution in [0.1, 0.15) is 9.67 Å². The summed E-state index contributed by atoms with van der Waals surface area (Å²) in [6.45, 7) is 0. The first-order chi connectivity index (χ1) is 9.22. The van der Waals surface area contributed by atoms with Crippen LogP contribution in [0, 0.1) is 0 Å². The third kappa shape index (κ3) is 3.35. The molecule has 1 N–H and O–H groups in total. The number of carbonyl (C=O) groups is 1. The number of fused-ring (bicyclic) bond motifs is 1. The van der Waals surface area contributed by atoms with E-state index in [9.17, 15) is 4.79 Å². The number of thioether (sulfide) groups is 1. The van der Waals surface area contributed by atoms with Crippen LogP contribution >= 0.6 is 47.1 Å². The molecule has 3 rings (SSSR count). The smallest absolute Gasteiger partial charge is 0.183 e. The summed E-state index contributed by atoms with van der Waals surface area (Å²) < 4.78 is 0. The molecule has 0 atom stereocenters. The minimum absolute atomic E-state index is 0. The molecule has 2 heterocycles. The van der Waals surface area contributed by atoms with E-state index in [-0.39, 0.29) is 18.2 Å². The van der Waals surface area contributed by atoms with Crippen molar-refractivity contribution in [3.8, 4) is 0 Å². The molecule has 0 saturated heterocycles. The van der Waals surface area contributed by atoms with E-state index in [0.717, 1.165) is 21.1 Å². The summed E-state index contributed by atoms with van der Waals surface area (Å²) in [7, 11) is 0. The van der Waals surface area contributed by atoms with Gasteiger partial charge in [-0.25, -0.2) is 4.98 Å². The number of carbonyl (C=O) groups excluding carboxylic acids is 1. The van der Waals surface area contributed by atoms with Crippen LogP contribution in [0.25, 0.3) is 11.0 Å². The van der Waals surface area contributed by atoms with E-state index in [4.69, 9.17) is 11.6 Å². The molecule has 0 aliphatic rings. The molecule has 3 nitrogen and oxygen atoms in total. The number of ketones is 1. The Labute approximate surface area is 135 Å². The first-order valence-corrected chi connectivity index (χ1v) is 7.81. The summed E-state index contributed by atoms with van der Waals surface area (Å²) in [5, 5.41) is 3.31. The van der Waals surface area contributed by atoms with Crippen molar-refractivity contribution in [1.29, 1.82) is 0 Å². The molecule has 0 amide bonds. The van der Waals surface area contributed by atoms with Gasteiger partial charge < -0.3 is 4.98 Å². The summed E-state index contributed by atoms with van der Waals surface area (Å²) in [5.41, 5.74) is 1.74. The molecule has 0 bridgehead atoms. The largest absolute Gasteiger partial charge is 0.333 e. The number of H-pyrrole nitrogens is 1. The molecule has 20 heavy (non-hydrogen) atoms. The van der Waals surface area contributed by atoms with Crippen LogP contribution in [0.3, 0.4) is 0 Å². The lowest BCUT2D eigenvalue weighted by Crippen LogP contribution is -1.99. The number of hydrogen-bond acceptors (Lipinski definition) is 4. The van der Waals surface area contributed by atoms with Gasteiger partial charge in [0, 0.05) is 5.02 Å². The Hall–Kier alpha value is -1.01. The average Bonchev–Trinajstić information content (AvgIpc) is 3.04. The van der Waals surface area contributed by atoms with Gasteiger partial charge in [-0.05, 0) is 29.6 Å². The number of nitrogens with zero attached hydrogens (tertiary/aromatic N) is 1. The molecule has 0 fully saturated rings. The van der Waals surface area contributed by atoms with E-state index in [1.165, 1.54) is 23.1 Å². The molecule has 0 unspecified atom stereocenters. The summed E-state index contributed by atoms with van der Waals surface area (Å²) in [6, 6.07) is 9.21. The van der Waals surface area contributed by atoms with Gasteiger partial charge in [0.15, 0.2) is 10.9 Å². The molecular formula is C13H10Cl2N2OS2. The summed E-state index contributed by atoms with van der Waals surface area (Å²) in [4.78, 5) is 20.2. The van der Waals surface area contributed by atoms with Crippen molar-refractivity contribution in [2.75, 3.05) is 5.75 Å². The fourth-order valence-electron chi connectivity index (χ4n) is 1.67. The second-order valence-electron chi connectivity index (χ2n) is 3.89. The molecule has 1 aromatic carbocycles. The van der Waals surface area contributed by atoms with E-state index in [2.05, 4.69) is 9.97 Å². The fourth-order valence-corrected chi connectivity index (χ4v) is 3.37. The molecule has 0 aliphatic heterocycles. The molecule has 0 saturated carbocycles. The van der Waals surface area contributed by atoms with Crippen molar-refractivity contribution in [3.63, 3.8) is 0 Å². The Balaban J connectivity index is 0.00000147. The normalized spacial score (nSPS) is 10.4. The molecule has 3 aromatic rings. The highest BCUT2D eigenvalue weighted by Gasteiger charge is 2.10. The standard InChI is InChI=1S/C13H9ClN2OS2.ClH/c14-8-3-4-9-10(6-8)16-13(15-9)19-7-11(17)12-2-1-5-18-12;/h1-6H,7H2,(H,15,16);1H. The third-order valence-corrected chi connectivity index (χ3v) is 4.58. The number of rotatable bonds is 4. The zero-order valence-corrected chi connectivity index (χ0v) is 13.3. The Bertz CT molecular complexity index is 725. The van der Waals surface area contributed by atoms with Gasteiger partial charge in [-0.1, -0.05) is 29.4 Å². The first-order valence-electron chi connectivity index (χ1n) is 5.57.